The van der Waals surface area contributed by atoms with Crippen LogP contribution in [-0.4, -0.2) is 37.4 Å². The molecule has 0 spiro atoms. The van der Waals surface area contributed by atoms with Gasteiger partial charge in [-0.15, -0.1) is 0 Å². The number of aryl methyl sites for hydroxylation is 1. The summed E-state index contributed by atoms with van der Waals surface area (Å²) in [6, 6.07) is 20.9. The standard InChI is InChI=1S/C24H24N6O3/c1-28(20(16-10-6-4-7-11-16)17-12-8-5-9-13-17)24-27-19(21(31)23(33)29(24)2)22(32)26-18-14-15-25-30(18)3/h4-15,20,31H,1-3H3,(H,26,32). The first-order chi connectivity index (χ1) is 15.9. The van der Waals surface area contributed by atoms with E-state index in [1.165, 1.54) is 22.5 Å². The fourth-order valence-corrected chi connectivity index (χ4v) is 3.75. The Labute approximate surface area is 190 Å². The predicted octanol–water partition coefficient (Wildman–Crippen LogP) is 2.70. The van der Waals surface area contributed by atoms with E-state index in [9.17, 15) is 14.7 Å². The zero-order valence-corrected chi connectivity index (χ0v) is 18.5. The Morgan fingerprint density at radius 1 is 1.00 bits per heavy atom. The third-order valence-corrected chi connectivity index (χ3v) is 5.45. The molecule has 0 fully saturated rings. The van der Waals surface area contributed by atoms with Gasteiger partial charge in [-0.25, -0.2) is 4.98 Å². The van der Waals surface area contributed by atoms with E-state index in [0.29, 0.717) is 5.82 Å². The van der Waals surface area contributed by atoms with E-state index >= 15 is 0 Å². The first kappa shape index (κ1) is 21.8. The SMILES string of the molecule is CN(c1nc(C(=O)Nc2ccnn2C)c(O)c(=O)n1C)C(c1ccccc1)c1ccccc1. The number of aromatic hydroxyl groups is 1. The second kappa shape index (κ2) is 8.99. The molecule has 2 N–H and O–H groups in total. The van der Waals surface area contributed by atoms with Gasteiger partial charge in [0, 0.05) is 27.2 Å². The molecule has 2 aromatic heterocycles. The van der Waals surface area contributed by atoms with Crippen LogP contribution >= 0.6 is 0 Å². The van der Waals surface area contributed by atoms with Gasteiger partial charge < -0.3 is 15.3 Å². The summed E-state index contributed by atoms with van der Waals surface area (Å²) in [4.78, 5) is 31.9. The fourth-order valence-electron chi connectivity index (χ4n) is 3.75. The summed E-state index contributed by atoms with van der Waals surface area (Å²) in [7, 11) is 4.97. The topological polar surface area (TPSA) is 105 Å². The number of rotatable bonds is 6. The molecule has 0 saturated carbocycles. The summed E-state index contributed by atoms with van der Waals surface area (Å²) in [6.45, 7) is 0. The first-order valence-corrected chi connectivity index (χ1v) is 10.3. The molecule has 1 amide bonds. The van der Waals surface area contributed by atoms with Crippen LogP contribution in [0.1, 0.15) is 27.7 Å². The van der Waals surface area contributed by atoms with Gasteiger partial charge in [0.15, 0.2) is 5.69 Å². The minimum atomic E-state index is -0.720. The zero-order chi connectivity index (χ0) is 23.5. The molecule has 2 aromatic carbocycles. The number of nitrogens with zero attached hydrogens (tertiary/aromatic N) is 5. The number of carbonyl (C=O) groups is 1. The van der Waals surface area contributed by atoms with Crippen LogP contribution in [0.25, 0.3) is 0 Å². The number of anilines is 2. The highest BCUT2D eigenvalue weighted by Gasteiger charge is 2.27. The summed E-state index contributed by atoms with van der Waals surface area (Å²) >= 11 is 0. The molecule has 0 saturated heterocycles. The molecule has 9 nitrogen and oxygen atoms in total. The number of nitrogens with one attached hydrogen (secondary N) is 1. The van der Waals surface area contributed by atoms with Crippen molar-refractivity contribution < 1.29 is 9.90 Å². The van der Waals surface area contributed by atoms with Crippen molar-refractivity contribution in [3.8, 4) is 5.75 Å². The summed E-state index contributed by atoms with van der Waals surface area (Å²) in [5.41, 5.74) is 0.881. The molecule has 2 heterocycles. The smallest absolute Gasteiger partial charge is 0.297 e. The van der Waals surface area contributed by atoms with Gasteiger partial charge in [0.25, 0.3) is 11.5 Å². The lowest BCUT2D eigenvalue weighted by molar-refractivity contribution is 0.101. The second-order valence-corrected chi connectivity index (χ2v) is 7.60. The number of hydrogen-bond donors (Lipinski definition) is 2. The van der Waals surface area contributed by atoms with Crippen molar-refractivity contribution >= 4 is 17.7 Å². The highest BCUT2D eigenvalue weighted by atomic mass is 16.3. The molecule has 168 valence electrons. The number of amides is 1. The number of benzene rings is 2. The first-order valence-electron chi connectivity index (χ1n) is 10.3. The van der Waals surface area contributed by atoms with E-state index < -0.39 is 17.2 Å². The predicted molar refractivity (Wildman–Crippen MR) is 125 cm³/mol. The fraction of sp³-hybridized carbons (Fsp3) is 0.167. The van der Waals surface area contributed by atoms with Crippen LogP contribution in [-0.2, 0) is 14.1 Å². The zero-order valence-electron chi connectivity index (χ0n) is 18.5. The van der Waals surface area contributed by atoms with Crippen molar-refractivity contribution in [3.05, 3.63) is 100 Å². The Kier molecular flexibility index (Phi) is 5.95. The maximum atomic E-state index is 12.9. The number of carbonyl (C=O) groups excluding carboxylic acids is 1. The lowest BCUT2D eigenvalue weighted by Gasteiger charge is -2.31. The van der Waals surface area contributed by atoms with Crippen molar-refractivity contribution in [2.75, 3.05) is 17.3 Å². The largest absolute Gasteiger partial charge is 0.501 e. The van der Waals surface area contributed by atoms with E-state index in [-0.39, 0.29) is 17.7 Å². The van der Waals surface area contributed by atoms with E-state index in [1.807, 2.05) is 65.6 Å². The quantitative estimate of drug-likeness (QED) is 0.474. The summed E-state index contributed by atoms with van der Waals surface area (Å²) < 4.78 is 2.69. The average molecular weight is 444 g/mol. The van der Waals surface area contributed by atoms with E-state index in [0.717, 1.165) is 11.1 Å². The van der Waals surface area contributed by atoms with Crippen LogP contribution in [0.3, 0.4) is 0 Å². The highest BCUT2D eigenvalue weighted by Crippen LogP contribution is 2.31. The van der Waals surface area contributed by atoms with Gasteiger partial charge in [-0.2, -0.15) is 5.10 Å². The third-order valence-electron chi connectivity index (χ3n) is 5.45. The van der Waals surface area contributed by atoms with Crippen LogP contribution < -0.4 is 15.8 Å². The van der Waals surface area contributed by atoms with E-state index in [1.54, 1.807) is 20.2 Å². The van der Waals surface area contributed by atoms with Crippen LogP contribution in [0.5, 0.6) is 5.75 Å². The van der Waals surface area contributed by atoms with Gasteiger partial charge in [0.05, 0.1) is 12.2 Å². The normalized spacial score (nSPS) is 10.9. The Bertz CT molecular complexity index is 1290. The summed E-state index contributed by atoms with van der Waals surface area (Å²) in [5, 5.41) is 17.1. The summed E-state index contributed by atoms with van der Waals surface area (Å²) in [5.74, 6) is -0.793. The van der Waals surface area contributed by atoms with Gasteiger partial charge in [0.2, 0.25) is 11.7 Å². The van der Waals surface area contributed by atoms with Crippen LogP contribution in [0.4, 0.5) is 11.8 Å². The van der Waals surface area contributed by atoms with Gasteiger partial charge >= 0.3 is 0 Å². The van der Waals surface area contributed by atoms with E-state index in [4.69, 9.17) is 0 Å². The summed E-state index contributed by atoms with van der Waals surface area (Å²) in [6.07, 6.45) is 1.52. The Balaban J connectivity index is 1.80. The maximum Gasteiger partial charge on any atom is 0.297 e. The minimum absolute atomic E-state index is 0.227. The van der Waals surface area contributed by atoms with Crippen LogP contribution in [0.15, 0.2) is 77.7 Å². The Morgan fingerprint density at radius 2 is 1.58 bits per heavy atom. The van der Waals surface area contributed by atoms with Crippen LogP contribution in [0.2, 0.25) is 0 Å². The Hall–Kier alpha value is -4.40. The van der Waals surface area contributed by atoms with Crippen molar-refractivity contribution in [2.24, 2.45) is 14.1 Å². The molecule has 4 rings (SSSR count). The molecule has 0 atom stereocenters. The molecule has 0 aliphatic rings. The molecule has 0 radical (unpaired) electrons. The van der Waals surface area contributed by atoms with Gasteiger partial charge in [-0.1, -0.05) is 60.7 Å². The molecule has 0 unspecified atom stereocenters. The maximum absolute atomic E-state index is 12.9. The van der Waals surface area contributed by atoms with Crippen molar-refractivity contribution in [2.45, 2.75) is 6.04 Å². The second-order valence-electron chi connectivity index (χ2n) is 7.60. The molecular weight excluding hydrogens is 420 g/mol. The highest BCUT2D eigenvalue weighted by molar-refractivity contribution is 6.04. The minimum Gasteiger partial charge on any atom is -0.501 e. The van der Waals surface area contributed by atoms with Gasteiger partial charge in [-0.05, 0) is 11.1 Å². The molecule has 0 aliphatic carbocycles. The van der Waals surface area contributed by atoms with Crippen molar-refractivity contribution in [1.82, 2.24) is 19.3 Å². The third kappa shape index (κ3) is 4.20. The molecule has 0 bridgehead atoms. The lowest BCUT2D eigenvalue weighted by Crippen LogP contribution is -2.34. The number of hydrogen-bond acceptors (Lipinski definition) is 6. The van der Waals surface area contributed by atoms with Crippen molar-refractivity contribution in [1.29, 1.82) is 0 Å². The van der Waals surface area contributed by atoms with Gasteiger partial charge in [0.1, 0.15) is 5.82 Å². The Morgan fingerprint density at radius 3 is 2.09 bits per heavy atom. The average Bonchev–Trinajstić information content (AvgIpc) is 3.23. The number of aromatic nitrogens is 4. The lowest BCUT2D eigenvalue weighted by atomic mass is 9.97. The van der Waals surface area contributed by atoms with Crippen LogP contribution in [0, 0.1) is 0 Å². The van der Waals surface area contributed by atoms with Gasteiger partial charge in [-0.3, -0.25) is 18.8 Å². The monoisotopic (exact) mass is 444 g/mol. The molecule has 4 aromatic rings. The van der Waals surface area contributed by atoms with Crippen molar-refractivity contribution in [3.63, 3.8) is 0 Å². The van der Waals surface area contributed by atoms with E-state index in [2.05, 4.69) is 15.4 Å². The molecule has 33 heavy (non-hydrogen) atoms. The molecular formula is C24H24N6O3. The molecule has 9 heteroatoms. The molecule has 0 aliphatic heterocycles.